The van der Waals surface area contributed by atoms with E-state index in [0.717, 1.165) is 29.6 Å². The zero-order chi connectivity index (χ0) is 18.1. The van der Waals surface area contributed by atoms with Crippen molar-refractivity contribution in [3.05, 3.63) is 53.6 Å². The van der Waals surface area contributed by atoms with Crippen LogP contribution >= 0.6 is 0 Å². The van der Waals surface area contributed by atoms with E-state index in [-0.39, 0.29) is 18.5 Å². The molecule has 0 aliphatic carbocycles. The van der Waals surface area contributed by atoms with Gasteiger partial charge in [-0.1, -0.05) is 29.3 Å². The quantitative estimate of drug-likeness (QED) is 0.662. The molecule has 1 saturated heterocycles. The predicted octanol–water partition coefficient (Wildman–Crippen LogP) is 2.60. The Hall–Kier alpha value is -3.02. The Balaban J connectivity index is 1.27. The lowest BCUT2D eigenvalue weighted by Crippen LogP contribution is -2.60. The summed E-state index contributed by atoms with van der Waals surface area (Å²) in [5.41, 5.74) is 4.59. The molecule has 0 atom stereocenters. The smallest absolute Gasteiger partial charge is 0.239 e. The number of anilines is 2. The van der Waals surface area contributed by atoms with Crippen molar-refractivity contribution in [3.63, 3.8) is 0 Å². The number of amides is 1. The van der Waals surface area contributed by atoms with E-state index >= 15 is 0 Å². The Morgan fingerprint density at radius 3 is 2.65 bits per heavy atom. The number of aryl methyl sites for hydroxylation is 2. The molecule has 0 bridgehead atoms. The largest absolute Gasteiger partial charge is 0.367 e. The number of aromatic nitrogens is 2. The van der Waals surface area contributed by atoms with Crippen molar-refractivity contribution in [2.75, 3.05) is 29.9 Å². The number of nitrogens with one attached hydrogen (secondary N) is 3. The monoisotopic (exact) mass is 349 g/mol. The molecule has 26 heavy (non-hydrogen) atoms. The van der Waals surface area contributed by atoms with Crippen LogP contribution in [0.5, 0.6) is 0 Å². The van der Waals surface area contributed by atoms with Crippen LogP contribution in [0.2, 0.25) is 0 Å². The molecule has 3 N–H and O–H groups in total. The highest BCUT2D eigenvalue weighted by atomic mass is 16.2. The summed E-state index contributed by atoms with van der Waals surface area (Å²) in [6.45, 7) is 6.03. The standard InChI is InChI=1S/C20H23N5O/c1-13-3-6-16(7-4-13)25-11-15(12-25)22-19(26)10-21-20-17-9-14(2)5-8-18(17)23-24-20/h3-9,15H,10-12H2,1-2H3,(H,22,26)(H2,21,23,24). The number of benzene rings is 2. The fourth-order valence-corrected chi connectivity index (χ4v) is 3.24. The lowest BCUT2D eigenvalue weighted by atomic mass is 10.1. The van der Waals surface area contributed by atoms with Gasteiger partial charge in [0.05, 0.1) is 18.1 Å². The first kappa shape index (κ1) is 16.4. The molecule has 0 radical (unpaired) electrons. The molecule has 3 aromatic rings. The van der Waals surface area contributed by atoms with Gasteiger partial charge in [-0.3, -0.25) is 9.89 Å². The number of carbonyl (C=O) groups excluding carboxylic acids is 1. The summed E-state index contributed by atoms with van der Waals surface area (Å²) < 4.78 is 0. The first-order chi connectivity index (χ1) is 12.6. The molecule has 0 unspecified atom stereocenters. The van der Waals surface area contributed by atoms with Crippen LogP contribution in [0.3, 0.4) is 0 Å². The van der Waals surface area contributed by atoms with Crippen molar-refractivity contribution in [2.24, 2.45) is 0 Å². The van der Waals surface area contributed by atoms with E-state index in [9.17, 15) is 4.79 Å². The van der Waals surface area contributed by atoms with Crippen molar-refractivity contribution in [1.82, 2.24) is 15.5 Å². The van der Waals surface area contributed by atoms with E-state index in [1.54, 1.807) is 0 Å². The molecule has 0 spiro atoms. The number of hydrogen-bond acceptors (Lipinski definition) is 4. The Morgan fingerprint density at radius 1 is 1.15 bits per heavy atom. The number of aromatic amines is 1. The first-order valence-corrected chi connectivity index (χ1v) is 8.88. The zero-order valence-corrected chi connectivity index (χ0v) is 15.0. The van der Waals surface area contributed by atoms with Crippen LogP contribution < -0.4 is 15.5 Å². The fraction of sp³-hybridized carbons (Fsp3) is 0.300. The van der Waals surface area contributed by atoms with Gasteiger partial charge in [0, 0.05) is 24.2 Å². The van der Waals surface area contributed by atoms with Crippen LogP contribution in [0.15, 0.2) is 42.5 Å². The van der Waals surface area contributed by atoms with Crippen LogP contribution in [0.25, 0.3) is 10.9 Å². The summed E-state index contributed by atoms with van der Waals surface area (Å²) in [5, 5.41) is 14.4. The van der Waals surface area contributed by atoms with Gasteiger partial charge in [-0.15, -0.1) is 0 Å². The predicted molar refractivity (Wildman–Crippen MR) is 105 cm³/mol. The Labute approximate surface area is 152 Å². The summed E-state index contributed by atoms with van der Waals surface area (Å²) in [6, 6.07) is 14.8. The lowest BCUT2D eigenvalue weighted by molar-refractivity contribution is -0.120. The molecule has 6 nitrogen and oxygen atoms in total. The molecule has 1 amide bonds. The second-order valence-electron chi connectivity index (χ2n) is 6.98. The Morgan fingerprint density at radius 2 is 1.88 bits per heavy atom. The third kappa shape index (κ3) is 3.35. The van der Waals surface area contributed by atoms with Crippen molar-refractivity contribution in [2.45, 2.75) is 19.9 Å². The van der Waals surface area contributed by atoms with Gasteiger partial charge in [0.15, 0.2) is 5.82 Å². The van der Waals surface area contributed by atoms with E-state index in [1.165, 1.54) is 11.3 Å². The van der Waals surface area contributed by atoms with Gasteiger partial charge in [-0.25, -0.2) is 0 Å². The summed E-state index contributed by atoms with van der Waals surface area (Å²) in [7, 11) is 0. The molecule has 134 valence electrons. The molecule has 2 heterocycles. The topological polar surface area (TPSA) is 73.1 Å². The third-order valence-electron chi connectivity index (χ3n) is 4.78. The van der Waals surface area contributed by atoms with Gasteiger partial charge in [0.25, 0.3) is 0 Å². The van der Waals surface area contributed by atoms with Crippen molar-refractivity contribution in [1.29, 1.82) is 0 Å². The molecule has 4 rings (SSSR count). The molecule has 1 fully saturated rings. The molecular formula is C20H23N5O. The molecule has 0 saturated carbocycles. The van der Waals surface area contributed by atoms with Crippen LogP contribution in [0, 0.1) is 13.8 Å². The maximum Gasteiger partial charge on any atom is 0.239 e. The van der Waals surface area contributed by atoms with Gasteiger partial charge in [-0.2, -0.15) is 5.10 Å². The summed E-state index contributed by atoms with van der Waals surface area (Å²) >= 11 is 0. The number of nitrogens with zero attached hydrogens (tertiary/aromatic N) is 2. The van der Waals surface area contributed by atoms with E-state index < -0.39 is 0 Å². The minimum Gasteiger partial charge on any atom is -0.367 e. The van der Waals surface area contributed by atoms with Crippen LogP contribution in [-0.4, -0.2) is 41.8 Å². The minimum absolute atomic E-state index is 0.0117. The van der Waals surface area contributed by atoms with Gasteiger partial charge in [0.1, 0.15) is 0 Å². The highest BCUT2D eigenvalue weighted by Crippen LogP contribution is 2.22. The zero-order valence-electron chi connectivity index (χ0n) is 15.0. The highest BCUT2D eigenvalue weighted by molar-refractivity contribution is 5.92. The van der Waals surface area contributed by atoms with Crippen LogP contribution in [0.1, 0.15) is 11.1 Å². The molecule has 1 aliphatic rings. The van der Waals surface area contributed by atoms with Crippen molar-refractivity contribution >= 4 is 28.3 Å². The fourth-order valence-electron chi connectivity index (χ4n) is 3.24. The number of rotatable bonds is 5. The number of H-pyrrole nitrogens is 1. The average molecular weight is 349 g/mol. The van der Waals surface area contributed by atoms with Crippen LogP contribution in [0.4, 0.5) is 11.5 Å². The van der Waals surface area contributed by atoms with Gasteiger partial charge >= 0.3 is 0 Å². The molecule has 1 aliphatic heterocycles. The average Bonchev–Trinajstić information content (AvgIpc) is 2.99. The van der Waals surface area contributed by atoms with Crippen LogP contribution in [-0.2, 0) is 4.79 Å². The number of hydrogen-bond donors (Lipinski definition) is 3. The normalized spacial score (nSPS) is 14.3. The minimum atomic E-state index is -0.0117. The molecule has 1 aromatic heterocycles. The van der Waals surface area contributed by atoms with E-state index in [4.69, 9.17) is 0 Å². The lowest BCUT2D eigenvalue weighted by Gasteiger charge is -2.41. The number of fused-ring (bicyclic) bond motifs is 1. The second-order valence-corrected chi connectivity index (χ2v) is 6.98. The van der Waals surface area contributed by atoms with Gasteiger partial charge < -0.3 is 15.5 Å². The summed E-state index contributed by atoms with van der Waals surface area (Å²) in [6.07, 6.45) is 0. The Bertz CT molecular complexity index is 925. The van der Waals surface area contributed by atoms with Crippen molar-refractivity contribution in [3.8, 4) is 0 Å². The SMILES string of the molecule is Cc1ccc(N2CC(NC(=O)CNc3n[nH]c4ccc(C)cc34)C2)cc1. The van der Waals surface area contributed by atoms with Crippen molar-refractivity contribution < 1.29 is 4.79 Å². The summed E-state index contributed by atoms with van der Waals surface area (Å²) in [4.78, 5) is 14.5. The molecule has 2 aromatic carbocycles. The Kier molecular flexibility index (Phi) is 4.24. The second kappa shape index (κ2) is 6.71. The van der Waals surface area contributed by atoms with Gasteiger partial charge in [0.2, 0.25) is 5.91 Å². The van der Waals surface area contributed by atoms with Gasteiger partial charge in [-0.05, 0) is 38.1 Å². The molecular weight excluding hydrogens is 326 g/mol. The first-order valence-electron chi connectivity index (χ1n) is 8.88. The van der Waals surface area contributed by atoms with E-state index in [1.807, 2.05) is 19.1 Å². The third-order valence-corrected chi connectivity index (χ3v) is 4.78. The highest BCUT2D eigenvalue weighted by Gasteiger charge is 2.28. The number of carbonyl (C=O) groups is 1. The maximum atomic E-state index is 12.2. The molecule has 6 heteroatoms. The maximum absolute atomic E-state index is 12.2. The van der Waals surface area contributed by atoms with E-state index in [2.05, 4.69) is 63.0 Å². The van der Waals surface area contributed by atoms with E-state index in [0.29, 0.717) is 5.82 Å². The summed E-state index contributed by atoms with van der Waals surface area (Å²) in [5.74, 6) is 0.705.